The van der Waals surface area contributed by atoms with Crippen molar-refractivity contribution >= 4 is 22.5 Å². The first kappa shape index (κ1) is 20.6. The monoisotopic (exact) mass is 443 g/mol. The van der Waals surface area contributed by atoms with Crippen molar-refractivity contribution in [3.05, 3.63) is 30.5 Å². The van der Waals surface area contributed by atoms with E-state index in [4.69, 9.17) is 4.74 Å². The zero-order valence-electron chi connectivity index (χ0n) is 17.4. The fraction of sp³-hybridized carbons (Fsp3) is 0.429. The van der Waals surface area contributed by atoms with Crippen LogP contribution in [-0.2, 0) is 6.54 Å². The number of anilines is 1. The van der Waals surface area contributed by atoms with E-state index in [2.05, 4.69) is 25.7 Å². The number of nitrogens with zero attached hydrogens (tertiary/aromatic N) is 6. The van der Waals surface area contributed by atoms with Gasteiger partial charge in [0.1, 0.15) is 17.6 Å². The molecule has 0 bridgehead atoms. The standard InChI is InChI=1S/C21H23F2N7O2/c1-32-20-19-15(12-2-7-16-17(10-12)30(28-26-16)11-18(22)23)8-9-29(19)27-21(25-20)24-13-3-5-14(31)6-4-13/h2,7-10,13-14,18,31H,3-6,11H2,1H3,(H,24,27). The Bertz CT molecular complexity index is 1250. The van der Waals surface area contributed by atoms with Crippen molar-refractivity contribution in [1.29, 1.82) is 0 Å². The summed E-state index contributed by atoms with van der Waals surface area (Å²) in [5, 5.41) is 25.4. The third-order valence-electron chi connectivity index (χ3n) is 5.84. The summed E-state index contributed by atoms with van der Waals surface area (Å²) in [6, 6.07) is 7.48. The van der Waals surface area contributed by atoms with E-state index in [1.807, 2.05) is 18.3 Å². The lowest BCUT2D eigenvalue weighted by Gasteiger charge is -2.26. The minimum atomic E-state index is -2.52. The van der Waals surface area contributed by atoms with Crippen molar-refractivity contribution < 1.29 is 18.6 Å². The normalized spacial score (nSPS) is 19.2. The molecule has 0 spiro atoms. The second-order valence-corrected chi connectivity index (χ2v) is 7.98. The molecule has 9 nitrogen and oxygen atoms in total. The Balaban J connectivity index is 1.51. The van der Waals surface area contributed by atoms with E-state index in [-0.39, 0.29) is 12.1 Å². The highest BCUT2D eigenvalue weighted by Gasteiger charge is 2.22. The number of ether oxygens (including phenoxy) is 1. The maximum Gasteiger partial charge on any atom is 0.258 e. The van der Waals surface area contributed by atoms with Crippen molar-refractivity contribution in [3.8, 4) is 17.0 Å². The number of aliphatic hydroxyl groups excluding tert-OH is 1. The number of aromatic nitrogens is 6. The predicted molar refractivity (Wildman–Crippen MR) is 114 cm³/mol. The van der Waals surface area contributed by atoms with Gasteiger partial charge in [0.2, 0.25) is 11.8 Å². The molecule has 1 aromatic carbocycles. The summed E-state index contributed by atoms with van der Waals surface area (Å²) < 4.78 is 34.2. The molecule has 0 unspecified atom stereocenters. The van der Waals surface area contributed by atoms with Crippen LogP contribution in [0.15, 0.2) is 30.5 Å². The van der Waals surface area contributed by atoms with Crippen molar-refractivity contribution in [2.75, 3.05) is 12.4 Å². The van der Waals surface area contributed by atoms with E-state index < -0.39 is 13.0 Å². The summed E-state index contributed by atoms with van der Waals surface area (Å²) in [5.74, 6) is 0.852. The van der Waals surface area contributed by atoms with Crippen LogP contribution in [-0.4, -0.2) is 60.4 Å². The average molecular weight is 443 g/mol. The first-order valence-corrected chi connectivity index (χ1v) is 10.5. The van der Waals surface area contributed by atoms with Crippen LogP contribution in [0.2, 0.25) is 0 Å². The molecule has 1 fully saturated rings. The Morgan fingerprint density at radius 1 is 1.22 bits per heavy atom. The largest absolute Gasteiger partial charge is 0.479 e. The van der Waals surface area contributed by atoms with Crippen LogP contribution in [0.4, 0.5) is 14.7 Å². The summed E-state index contributed by atoms with van der Waals surface area (Å²) in [5.41, 5.74) is 3.34. The van der Waals surface area contributed by atoms with Crippen LogP contribution in [0.25, 0.3) is 27.7 Å². The minimum Gasteiger partial charge on any atom is -0.479 e. The van der Waals surface area contributed by atoms with Crippen LogP contribution >= 0.6 is 0 Å². The van der Waals surface area contributed by atoms with Crippen molar-refractivity contribution in [3.63, 3.8) is 0 Å². The van der Waals surface area contributed by atoms with Gasteiger partial charge in [-0.1, -0.05) is 11.3 Å². The number of fused-ring (bicyclic) bond motifs is 2. The molecule has 0 aliphatic heterocycles. The van der Waals surface area contributed by atoms with Gasteiger partial charge in [0.25, 0.3) is 6.43 Å². The SMILES string of the molecule is COc1nc(NC2CCC(O)CC2)nn2ccc(-c3ccc4nnn(CC(F)F)c4c3)c12. The number of halogens is 2. The van der Waals surface area contributed by atoms with E-state index in [0.717, 1.165) is 36.8 Å². The average Bonchev–Trinajstić information content (AvgIpc) is 3.38. The van der Waals surface area contributed by atoms with E-state index in [1.54, 1.807) is 23.8 Å². The maximum absolute atomic E-state index is 12.9. The Kier molecular flexibility index (Phi) is 5.33. The summed E-state index contributed by atoms with van der Waals surface area (Å²) >= 11 is 0. The van der Waals surface area contributed by atoms with Gasteiger partial charge >= 0.3 is 0 Å². The second kappa shape index (κ2) is 8.30. The molecule has 0 atom stereocenters. The quantitative estimate of drug-likeness (QED) is 0.472. The first-order valence-electron chi connectivity index (χ1n) is 10.5. The molecule has 168 valence electrons. The third-order valence-corrected chi connectivity index (χ3v) is 5.84. The zero-order chi connectivity index (χ0) is 22.2. The smallest absolute Gasteiger partial charge is 0.258 e. The van der Waals surface area contributed by atoms with Gasteiger partial charge in [-0.2, -0.15) is 4.98 Å². The Hall–Kier alpha value is -3.34. The highest BCUT2D eigenvalue weighted by molar-refractivity contribution is 5.89. The number of hydrogen-bond donors (Lipinski definition) is 2. The van der Waals surface area contributed by atoms with Crippen LogP contribution in [0.5, 0.6) is 5.88 Å². The molecule has 0 amide bonds. The van der Waals surface area contributed by atoms with E-state index >= 15 is 0 Å². The van der Waals surface area contributed by atoms with Crippen LogP contribution in [0, 0.1) is 0 Å². The molecule has 11 heteroatoms. The fourth-order valence-electron chi connectivity index (χ4n) is 4.23. The summed E-state index contributed by atoms with van der Waals surface area (Å²) in [7, 11) is 1.55. The highest BCUT2D eigenvalue weighted by atomic mass is 19.3. The lowest BCUT2D eigenvalue weighted by Crippen LogP contribution is -2.29. The molecule has 32 heavy (non-hydrogen) atoms. The van der Waals surface area contributed by atoms with Gasteiger partial charge in [-0.25, -0.2) is 18.0 Å². The minimum absolute atomic E-state index is 0.195. The Labute approximate surface area is 182 Å². The van der Waals surface area contributed by atoms with Gasteiger partial charge in [-0.3, -0.25) is 0 Å². The third kappa shape index (κ3) is 3.83. The lowest BCUT2D eigenvalue weighted by molar-refractivity contribution is 0.122. The molecule has 1 aliphatic rings. The predicted octanol–water partition coefficient (Wildman–Crippen LogP) is 3.13. The molecule has 0 radical (unpaired) electrons. The maximum atomic E-state index is 12.9. The number of alkyl halides is 2. The van der Waals surface area contributed by atoms with Crippen molar-refractivity contribution in [2.45, 2.75) is 50.8 Å². The Morgan fingerprint density at radius 3 is 2.78 bits per heavy atom. The van der Waals surface area contributed by atoms with Crippen molar-refractivity contribution in [1.82, 2.24) is 29.6 Å². The number of rotatable bonds is 6. The van der Waals surface area contributed by atoms with Gasteiger partial charge in [0.05, 0.1) is 18.7 Å². The second-order valence-electron chi connectivity index (χ2n) is 7.98. The number of benzene rings is 1. The van der Waals surface area contributed by atoms with Crippen LogP contribution in [0.3, 0.4) is 0 Å². The molecular weight excluding hydrogens is 420 g/mol. The molecule has 4 aromatic rings. The van der Waals surface area contributed by atoms with Gasteiger partial charge < -0.3 is 15.2 Å². The first-order chi connectivity index (χ1) is 15.5. The number of methoxy groups -OCH3 is 1. The van der Waals surface area contributed by atoms with Crippen LogP contribution < -0.4 is 10.1 Å². The number of nitrogens with one attached hydrogen (secondary N) is 1. The summed E-state index contributed by atoms with van der Waals surface area (Å²) in [6.07, 6.45) is 2.26. The zero-order valence-corrected chi connectivity index (χ0v) is 17.4. The molecule has 3 heterocycles. The van der Waals surface area contributed by atoms with Crippen LogP contribution in [0.1, 0.15) is 25.7 Å². The van der Waals surface area contributed by atoms with Crippen molar-refractivity contribution in [2.24, 2.45) is 0 Å². The van der Waals surface area contributed by atoms with Gasteiger partial charge in [-0.05, 0) is 49.4 Å². The molecule has 2 N–H and O–H groups in total. The molecular formula is C21H23F2N7O2. The van der Waals surface area contributed by atoms with Gasteiger partial charge in [0, 0.05) is 17.8 Å². The highest BCUT2D eigenvalue weighted by Crippen LogP contribution is 2.33. The molecule has 1 aliphatic carbocycles. The summed E-state index contributed by atoms with van der Waals surface area (Å²) in [6.45, 7) is -0.518. The van der Waals surface area contributed by atoms with E-state index in [9.17, 15) is 13.9 Å². The van der Waals surface area contributed by atoms with E-state index in [0.29, 0.717) is 28.4 Å². The van der Waals surface area contributed by atoms with Gasteiger partial charge in [0.15, 0.2) is 0 Å². The Morgan fingerprint density at radius 2 is 2.03 bits per heavy atom. The molecule has 3 aromatic heterocycles. The number of aliphatic hydroxyl groups is 1. The number of hydrogen-bond acceptors (Lipinski definition) is 7. The fourth-order valence-corrected chi connectivity index (χ4v) is 4.23. The molecule has 5 rings (SSSR count). The molecule has 1 saturated carbocycles. The summed E-state index contributed by atoms with van der Waals surface area (Å²) in [4.78, 5) is 4.54. The van der Waals surface area contributed by atoms with Gasteiger partial charge in [-0.15, -0.1) is 10.2 Å². The lowest BCUT2D eigenvalue weighted by atomic mass is 9.93. The topological polar surface area (TPSA) is 102 Å². The van der Waals surface area contributed by atoms with E-state index in [1.165, 1.54) is 4.68 Å². The molecule has 0 saturated heterocycles.